The van der Waals surface area contributed by atoms with Gasteiger partial charge in [-0.2, -0.15) is 0 Å². The fraction of sp³-hybridized carbons (Fsp3) is 0.111. The van der Waals surface area contributed by atoms with E-state index in [0.29, 0.717) is 0 Å². The first-order chi connectivity index (χ1) is 9.24. The van der Waals surface area contributed by atoms with E-state index in [0.717, 1.165) is 0 Å². The Morgan fingerprint density at radius 3 is 2.21 bits per heavy atom. The maximum atomic E-state index is 2.31. The molecule has 0 amide bonds. The molecular weight excluding hydrogens is 230 g/mol. The lowest BCUT2D eigenvalue weighted by molar-refractivity contribution is 1.01. The number of aromatic nitrogens is 1. The van der Waals surface area contributed by atoms with Gasteiger partial charge >= 0.3 is 0 Å². The van der Waals surface area contributed by atoms with Gasteiger partial charge in [0.15, 0.2) is 0 Å². The van der Waals surface area contributed by atoms with Crippen LogP contribution in [0.1, 0.15) is 5.56 Å². The Balaban J connectivity index is 2.29. The minimum Gasteiger partial charge on any atom is -0.344 e. The predicted molar refractivity (Wildman–Crippen MR) is 82.7 cm³/mol. The highest BCUT2D eigenvalue weighted by Gasteiger charge is 2.09. The Labute approximate surface area is 112 Å². The zero-order valence-electron chi connectivity index (χ0n) is 11.1. The van der Waals surface area contributed by atoms with Crippen molar-refractivity contribution in [2.45, 2.75) is 6.92 Å². The third-order valence-corrected chi connectivity index (χ3v) is 4.03. The number of benzene rings is 3. The third kappa shape index (κ3) is 1.42. The summed E-state index contributed by atoms with van der Waals surface area (Å²) in [5.74, 6) is 0. The van der Waals surface area contributed by atoms with Gasteiger partial charge in [0, 0.05) is 28.9 Å². The van der Waals surface area contributed by atoms with Crippen molar-refractivity contribution in [3.05, 3.63) is 60.2 Å². The number of fused-ring (bicyclic) bond motifs is 4. The molecule has 4 rings (SSSR count). The summed E-state index contributed by atoms with van der Waals surface area (Å²) in [7, 11) is 2.15. The minimum absolute atomic E-state index is 1.30. The van der Waals surface area contributed by atoms with Crippen LogP contribution in [-0.2, 0) is 7.05 Å². The van der Waals surface area contributed by atoms with E-state index in [2.05, 4.69) is 73.1 Å². The molecule has 19 heavy (non-hydrogen) atoms. The highest BCUT2D eigenvalue weighted by molar-refractivity contribution is 6.12. The maximum Gasteiger partial charge on any atom is 0.0495 e. The zero-order valence-corrected chi connectivity index (χ0v) is 11.1. The Hall–Kier alpha value is -2.28. The predicted octanol–water partition coefficient (Wildman–Crippen LogP) is 4.79. The van der Waals surface area contributed by atoms with Crippen molar-refractivity contribution in [1.29, 1.82) is 0 Å². The smallest absolute Gasteiger partial charge is 0.0495 e. The van der Waals surface area contributed by atoms with Crippen LogP contribution in [0.4, 0.5) is 0 Å². The molecule has 0 aliphatic carbocycles. The molecule has 0 atom stereocenters. The molecule has 1 heteroatoms. The van der Waals surface area contributed by atoms with E-state index in [4.69, 9.17) is 0 Å². The van der Waals surface area contributed by atoms with Crippen LogP contribution < -0.4 is 0 Å². The molecule has 92 valence electrons. The van der Waals surface area contributed by atoms with Crippen LogP contribution in [-0.4, -0.2) is 4.57 Å². The van der Waals surface area contributed by atoms with Gasteiger partial charge in [-0.1, -0.05) is 36.4 Å². The summed E-state index contributed by atoms with van der Waals surface area (Å²) < 4.78 is 2.30. The standard InChI is InChI=1S/C18H15N/c1-12-7-8-15-16-10-13-5-3-4-6-14(13)11-18(16)19(2)17(15)9-12/h3-11H,1-2H3. The molecule has 0 aliphatic heterocycles. The van der Waals surface area contributed by atoms with Crippen molar-refractivity contribution in [1.82, 2.24) is 4.57 Å². The Morgan fingerprint density at radius 2 is 1.42 bits per heavy atom. The van der Waals surface area contributed by atoms with Crippen molar-refractivity contribution < 1.29 is 0 Å². The number of hydrogen-bond acceptors (Lipinski definition) is 0. The van der Waals surface area contributed by atoms with Crippen molar-refractivity contribution in [3.63, 3.8) is 0 Å². The molecule has 0 saturated heterocycles. The quantitative estimate of drug-likeness (QED) is 0.419. The molecular formula is C18H15N. The van der Waals surface area contributed by atoms with Crippen molar-refractivity contribution in [2.24, 2.45) is 7.05 Å². The number of hydrogen-bond donors (Lipinski definition) is 0. The largest absolute Gasteiger partial charge is 0.344 e. The first-order valence-electron chi connectivity index (χ1n) is 6.61. The molecule has 1 heterocycles. The number of aryl methyl sites for hydroxylation is 2. The molecule has 0 unspecified atom stereocenters. The van der Waals surface area contributed by atoms with Gasteiger partial charge in [-0.05, 0) is 41.5 Å². The van der Waals surface area contributed by atoms with E-state index in [9.17, 15) is 0 Å². The minimum atomic E-state index is 1.30. The monoisotopic (exact) mass is 245 g/mol. The fourth-order valence-electron chi connectivity index (χ4n) is 3.00. The van der Waals surface area contributed by atoms with E-state index in [-0.39, 0.29) is 0 Å². The summed E-state index contributed by atoms with van der Waals surface area (Å²) in [6.45, 7) is 2.15. The normalized spacial score (nSPS) is 11.7. The first kappa shape index (κ1) is 10.6. The summed E-state index contributed by atoms with van der Waals surface area (Å²) >= 11 is 0. The highest BCUT2D eigenvalue weighted by Crippen LogP contribution is 2.31. The van der Waals surface area contributed by atoms with Crippen LogP contribution in [0, 0.1) is 6.92 Å². The molecule has 1 nitrogen and oxygen atoms in total. The average Bonchev–Trinajstić information content (AvgIpc) is 2.69. The molecule has 0 spiro atoms. The van der Waals surface area contributed by atoms with E-state index in [1.807, 2.05) is 0 Å². The van der Waals surface area contributed by atoms with Gasteiger partial charge < -0.3 is 4.57 Å². The average molecular weight is 245 g/mol. The van der Waals surface area contributed by atoms with Gasteiger partial charge in [0.05, 0.1) is 0 Å². The number of rotatable bonds is 0. The second-order valence-electron chi connectivity index (χ2n) is 5.30. The second kappa shape index (κ2) is 3.61. The van der Waals surface area contributed by atoms with Crippen molar-refractivity contribution in [3.8, 4) is 0 Å². The van der Waals surface area contributed by atoms with E-state index < -0.39 is 0 Å². The summed E-state index contributed by atoms with van der Waals surface area (Å²) in [5, 5.41) is 5.30. The Kier molecular flexibility index (Phi) is 2.02. The lowest BCUT2D eigenvalue weighted by Crippen LogP contribution is -1.86. The van der Waals surface area contributed by atoms with Crippen LogP contribution in [0.25, 0.3) is 32.6 Å². The van der Waals surface area contributed by atoms with Gasteiger partial charge in [-0.3, -0.25) is 0 Å². The van der Waals surface area contributed by atoms with E-state index in [1.165, 1.54) is 38.1 Å². The summed E-state index contributed by atoms with van der Waals surface area (Å²) in [6.07, 6.45) is 0. The van der Waals surface area contributed by atoms with Crippen LogP contribution in [0.5, 0.6) is 0 Å². The molecule has 0 radical (unpaired) electrons. The molecule has 0 saturated carbocycles. The molecule has 0 fully saturated rings. The summed E-state index contributed by atoms with van der Waals surface area (Å²) in [5.41, 5.74) is 3.92. The van der Waals surface area contributed by atoms with Gasteiger partial charge in [0.25, 0.3) is 0 Å². The molecule has 0 bridgehead atoms. The van der Waals surface area contributed by atoms with E-state index in [1.54, 1.807) is 0 Å². The van der Waals surface area contributed by atoms with Crippen molar-refractivity contribution in [2.75, 3.05) is 0 Å². The van der Waals surface area contributed by atoms with Gasteiger partial charge in [-0.25, -0.2) is 0 Å². The first-order valence-corrected chi connectivity index (χ1v) is 6.61. The topological polar surface area (TPSA) is 4.93 Å². The van der Waals surface area contributed by atoms with E-state index >= 15 is 0 Å². The Bertz CT molecular complexity index is 929. The van der Waals surface area contributed by atoms with Gasteiger partial charge in [-0.15, -0.1) is 0 Å². The fourth-order valence-corrected chi connectivity index (χ4v) is 3.00. The zero-order chi connectivity index (χ0) is 13.0. The molecule has 3 aromatic carbocycles. The molecule has 4 aromatic rings. The lowest BCUT2D eigenvalue weighted by Gasteiger charge is -2.00. The summed E-state index contributed by atoms with van der Waals surface area (Å²) in [6, 6.07) is 19.9. The lowest BCUT2D eigenvalue weighted by atomic mass is 10.1. The molecule has 0 aliphatic rings. The van der Waals surface area contributed by atoms with Crippen LogP contribution in [0.2, 0.25) is 0 Å². The highest BCUT2D eigenvalue weighted by atomic mass is 14.9. The van der Waals surface area contributed by atoms with Gasteiger partial charge in [0.1, 0.15) is 0 Å². The number of nitrogens with zero attached hydrogens (tertiary/aromatic N) is 1. The maximum absolute atomic E-state index is 2.31. The molecule has 0 N–H and O–H groups in total. The molecule has 1 aromatic heterocycles. The van der Waals surface area contributed by atoms with Crippen LogP contribution in [0.3, 0.4) is 0 Å². The van der Waals surface area contributed by atoms with Gasteiger partial charge in [0.2, 0.25) is 0 Å². The van der Waals surface area contributed by atoms with Crippen LogP contribution >= 0.6 is 0 Å². The van der Waals surface area contributed by atoms with Crippen molar-refractivity contribution >= 4 is 32.6 Å². The third-order valence-electron chi connectivity index (χ3n) is 4.03. The van der Waals surface area contributed by atoms with Crippen LogP contribution in [0.15, 0.2) is 54.6 Å². The summed E-state index contributed by atoms with van der Waals surface area (Å²) in [4.78, 5) is 0. The Morgan fingerprint density at radius 1 is 0.737 bits per heavy atom. The second-order valence-corrected chi connectivity index (χ2v) is 5.30. The SMILES string of the molecule is Cc1ccc2c3cc4ccccc4cc3n(C)c2c1.